The second-order valence-electron chi connectivity index (χ2n) is 6.49. The zero-order valence-corrected chi connectivity index (χ0v) is 14.9. The molecular formula is C23H23Cl. The van der Waals surface area contributed by atoms with Gasteiger partial charge in [0.2, 0.25) is 0 Å². The van der Waals surface area contributed by atoms with E-state index in [0.717, 1.165) is 16.5 Å². The molecule has 1 saturated carbocycles. The summed E-state index contributed by atoms with van der Waals surface area (Å²) >= 11 is 5.94. The van der Waals surface area contributed by atoms with Gasteiger partial charge in [0.15, 0.2) is 0 Å². The minimum absolute atomic E-state index is 0.558. The molecule has 0 atom stereocenters. The highest BCUT2D eigenvalue weighted by Crippen LogP contribution is 2.29. The van der Waals surface area contributed by atoms with Crippen LogP contribution in [0, 0.1) is 23.7 Å². The SMILES string of the molecule is CC=CC1CCC(C#Cc2ccc(-c3ccc(Cl)cc3)cc2)CC1. The second-order valence-corrected chi connectivity index (χ2v) is 6.93. The largest absolute Gasteiger partial charge is 0.0945 e. The van der Waals surface area contributed by atoms with Crippen molar-refractivity contribution in [2.24, 2.45) is 11.8 Å². The second kappa shape index (κ2) is 8.22. The van der Waals surface area contributed by atoms with Gasteiger partial charge in [-0.3, -0.25) is 0 Å². The van der Waals surface area contributed by atoms with Crippen molar-refractivity contribution >= 4 is 11.6 Å². The van der Waals surface area contributed by atoms with Crippen LogP contribution in [0.4, 0.5) is 0 Å². The van der Waals surface area contributed by atoms with Gasteiger partial charge in [0, 0.05) is 16.5 Å². The monoisotopic (exact) mass is 334 g/mol. The van der Waals surface area contributed by atoms with Gasteiger partial charge in [-0.2, -0.15) is 0 Å². The van der Waals surface area contributed by atoms with E-state index < -0.39 is 0 Å². The molecule has 0 radical (unpaired) electrons. The fourth-order valence-electron chi connectivity index (χ4n) is 3.30. The number of allylic oxidation sites excluding steroid dienone is 2. The molecule has 0 heterocycles. The van der Waals surface area contributed by atoms with Gasteiger partial charge in [-0.1, -0.05) is 59.9 Å². The number of halogens is 1. The zero-order valence-electron chi connectivity index (χ0n) is 14.1. The Balaban J connectivity index is 1.62. The maximum atomic E-state index is 5.94. The standard InChI is InChI=1S/C23H23Cl/c1-2-3-18-4-6-19(7-5-18)8-9-20-10-12-21(13-11-20)22-14-16-23(24)17-15-22/h2-3,10-19H,4-7H2,1H3. The first kappa shape index (κ1) is 16.9. The van der Waals surface area contributed by atoms with Crippen molar-refractivity contribution in [3.8, 4) is 23.0 Å². The van der Waals surface area contributed by atoms with Gasteiger partial charge in [-0.25, -0.2) is 0 Å². The van der Waals surface area contributed by atoms with Crippen molar-refractivity contribution in [2.75, 3.05) is 0 Å². The summed E-state index contributed by atoms with van der Waals surface area (Å²) in [6, 6.07) is 16.4. The quantitative estimate of drug-likeness (QED) is 0.421. The third-order valence-corrected chi connectivity index (χ3v) is 4.97. The normalized spacial score (nSPS) is 20.6. The lowest BCUT2D eigenvalue weighted by Crippen LogP contribution is -2.11. The minimum atomic E-state index is 0.558. The molecule has 122 valence electrons. The molecule has 1 heteroatoms. The van der Waals surface area contributed by atoms with E-state index in [4.69, 9.17) is 11.6 Å². The summed E-state index contributed by atoms with van der Waals surface area (Å²) in [5, 5.41) is 0.769. The molecule has 0 spiro atoms. The molecular weight excluding hydrogens is 312 g/mol. The number of hydrogen-bond donors (Lipinski definition) is 0. The molecule has 0 aromatic heterocycles. The predicted octanol–water partition coefficient (Wildman–Crippen LogP) is 6.74. The van der Waals surface area contributed by atoms with E-state index >= 15 is 0 Å². The molecule has 1 aliphatic rings. The van der Waals surface area contributed by atoms with Gasteiger partial charge < -0.3 is 0 Å². The highest BCUT2D eigenvalue weighted by atomic mass is 35.5. The first-order chi connectivity index (χ1) is 11.7. The fourth-order valence-corrected chi connectivity index (χ4v) is 3.43. The molecule has 3 rings (SSSR count). The highest BCUT2D eigenvalue weighted by molar-refractivity contribution is 6.30. The predicted molar refractivity (Wildman–Crippen MR) is 104 cm³/mol. The van der Waals surface area contributed by atoms with Crippen LogP contribution in [0.5, 0.6) is 0 Å². The summed E-state index contributed by atoms with van der Waals surface area (Å²) < 4.78 is 0. The third kappa shape index (κ3) is 4.53. The molecule has 0 aliphatic heterocycles. The van der Waals surface area contributed by atoms with Crippen molar-refractivity contribution in [3.63, 3.8) is 0 Å². The van der Waals surface area contributed by atoms with Crippen LogP contribution in [-0.4, -0.2) is 0 Å². The van der Waals surface area contributed by atoms with E-state index in [0.29, 0.717) is 5.92 Å². The van der Waals surface area contributed by atoms with E-state index in [9.17, 15) is 0 Å². The van der Waals surface area contributed by atoms with E-state index in [1.165, 1.54) is 36.8 Å². The summed E-state index contributed by atoms with van der Waals surface area (Å²) in [7, 11) is 0. The molecule has 24 heavy (non-hydrogen) atoms. The minimum Gasteiger partial charge on any atom is -0.0945 e. The lowest BCUT2D eigenvalue weighted by atomic mass is 9.82. The molecule has 0 nitrogen and oxygen atoms in total. The Kier molecular flexibility index (Phi) is 5.78. The molecule has 2 aromatic rings. The van der Waals surface area contributed by atoms with Gasteiger partial charge in [-0.05, 0) is 73.9 Å². The molecule has 0 saturated heterocycles. The summed E-state index contributed by atoms with van der Waals surface area (Å²) in [6.07, 6.45) is 9.53. The Bertz CT molecular complexity index is 733. The first-order valence-corrected chi connectivity index (χ1v) is 9.13. The molecule has 0 unspecified atom stereocenters. The number of hydrogen-bond acceptors (Lipinski definition) is 0. The summed E-state index contributed by atoms with van der Waals surface area (Å²) in [5.74, 6) is 8.16. The van der Waals surface area contributed by atoms with Crippen LogP contribution >= 0.6 is 11.6 Å². The van der Waals surface area contributed by atoms with Crippen molar-refractivity contribution < 1.29 is 0 Å². The smallest absolute Gasteiger partial charge is 0.0406 e. The maximum Gasteiger partial charge on any atom is 0.0406 e. The van der Waals surface area contributed by atoms with Crippen molar-refractivity contribution in [3.05, 3.63) is 71.3 Å². The number of rotatable bonds is 2. The maximum absolute atomic E-state index is 5.94. The van der Waals surface area contributed by atoms with Crippen LogP contribution in [-0.2, 0) is 0 Å². The molecule has 0 N–H and O–H groups in total. The molecule has 0 bridgehead atoms. The van der Waals surface area contributed by atoms with Crippen LogP contribution in [0.3, 0.4) is 0 Å². The molecule has 1 aliphatic carbocycles. The Morgan fingerprint density at radius 1 is 0.875 bits per heavy atom. The van der Waals surface area contributed by atoms with E-state index in [1.807, 2.05) is 24.3 Å². The summed E-state index contributed by atoms with van der Waals surface area (Å²) in [5.41, 5.74) is 3.48. The van der Waals surface area contributed by atoms with Crippen molar-refractivity contribution in [2.45, 2.75) is 32.6 Å². The highest BCUT2D eigenvalue weighted by Gasteiger charge is 2.17. The summed E-state index contributed by atoms with van der Waals surface area (Å²) in [6.45, 7) is 2.11. The van der Waals surface area contributed by atoms with Crippen LogP contribution < -0.4 is 0 Å². The van der Waals surface area contributed by atoms with E-state index in [2.05, 4.69) is 55.2 Å². The van der Waals surface area contributed by atoms with E-state index in [1.54, 1.807) is 0 Å². The first-order valence-electron chi connectivity index (χ1n) is 8.75. The lowest BCUT2D eigenvalue weighted by molar-refractivity contribution is 0.364. The van der Waals surface area contributed by atoms with Crippen LogP contribution in [0.15, 0.2) is 60.7 Å². The molecule has 0 amide bonds. The van der Waals surface area contributed by atoms with Crippen LogP contribution in [0.1, 0.15) is 38.2 Å². The Labute approximate surface area is 150 Å². The molecule has 2 aromatic carbocycles. The summed E-state index contributed by atoms with van der Waals surface area (Å²) in [4.78, 5) is 0. The third-order valence-electron chi connectivity index (χ3n) is 4.72. The van der Waals surface area contributed by atoms with Gasteiger partial charge in [0.25, 0.3) is 0 Å². The average molecular weight is 335 g/mol. The topological polar surface area (TPSA) is 0 Å². The van der Waals surface area contributed by atoms with Crippen molar-refractivity contribution in [1.29, 1.82) is 0 Å². The van der Waals surface area contributed by atoms with Gasteiger partial charge >= 0.3 is 0 Å². The Morgan fingerprint density at radius 3 is 2.04 bits per heavy atom. The lowest BCUT2D eigenvalue weighted by Gasteiger charge is -2.22. The zero-order chi connectivity index (χ0) is 16.8. The van der Waals surface area contributed by atoms with Crippen molar-refractivity contribution in [1.82, 2.24) is 0 Å². The average Bonchev–Trinajstić information content (AvgIpc) is 2.63. The Morgan fingerprint density at radius 2 is 1.46 bits per heavy atom. The van der Waals surface area contributed by atoms with E-state index in [-0.39, 0.29) is 0 Å². The van der Waals surface area contributed by atoms with Gasteiger partial charge in [-0.15, -0.1) is 0 Å². The van der Waals surface area contributed by atoms with Gasteiger partial charge in [0.1, 0.15) is 0 Å². The number of benzene rings is 2. The molecule has 1 fully saturated rings. The van der Waals surface area contributed by atoms with Crippen LogP contribution in [0.25, 0.3) is 11.1 Å². The Hall–Kier alpha value is -1.97. The van der Waals surface area contributed by atoms with Crippen LogP contribution in [0.2, 0.25) is 5.02 Å². The fraction of sp³-hybridized carbons (Fsp3) is 0.304. The van der Waals surface area contributed by atoms with Gasteiger partial charge in [0.05, 0.1) is 0 Å².